The molecule has 0 heterocycles. The van der Waals surface area contributed by atoms with Crippen LogP contribution in [0.1, 0.15) is 40.5 Å². The van der Waals surface area contributed by atoms with Crippen molar-refractivity contribution in [2.45, 2.75) is 46.1 Å². The molecule has 1 unspecified atom stereocenters. The third-order valence-corrected chi connectivity index (χ3v) is 2.75. The molecule has 0 aromatic rings. The second kappa shape index (κ2) is 5.86. The van der Waals surface area contributed by atoms with Crippen molar-refractivity contribution in [1.82, 2.24) is 0 Å². The third-order valence-electron chi connectivity index (χ3n) is 2.75. The van der Waals surface area contributed by atoms with Crippen LogP contribution in [-0.4, -0.2) is 25.3 Å². The van der Waals surface area contributed by atoms with E-state index < -0.39 is 11.4 Å². The summed E-state index contributed by atoms with van der Waals surface area (Å²) in [5.74, 6) is -0.454. The smallest absolute Gasteiger partial charge is 0.326 e. The number of methoxy groups -OCH3 is 1. The summed E-state index contributed by atoms with van der Waals surface area (Å²) in [5, 5.41) is 9.06. The molecule has 0 amide bonds. The van der Waals surface area contributed by atoms with Crippen molar-refractivity contribution in [2.24, 2.45) is 5.41 Å². The lowest BCUT2D eigenvalue weighted by Gasteiger charge is -2.27. The maximum Gasteiger partial charge on any atom is 0.326 e. The highest BCUT2D eigenvalue weighted by Crippen LogP contribution is 2.29. The molecule has 0 bridgehead atoms. The molecule has 0 aliphatic carbocycles. The zero-order valence-corrected chi connectivity index (χ0v) is 10.8. The van der Waals surface area contributed by atoms with Gasteiger partial charge in [0.05, 0.1) is 18.3 Å². The predicted octanol–water partition coefficient (Wildman–Crippen LogP) is 2.28. The number of nitriles is 1. The Kier molecular flexibility index (Phi) is 5.46. The summed E-state index contributed by atoms with van der Waals surface area (Å²) >= 11 is 0. The normalized spacial score (nSPS) is 15.0. The van der Waals surface area contributed by atoms with Gasteiger partial charge in [0.1, 0.15) is 0 Å². The molecule has 0 aliphatic heterocycles. The quantitative estimate of drug-likeness (QED) is 0.653. The number of ether oxygens (including phenoxy) is 2. The molecule has 0 saturated carbocycles. The molecule has 0 aliphatic rings. The lowest BCUT2D eigenvalue weighted by Crippen LogP contribution is -2.32. The SMILES string of the molecule is CCOC(=O)C(C)(C#N)CCC(C)(C)OC. The van der Waals surface area contributed by atoms with Crippen LogP contribution in [0.5, 0.6) is 0 Å². The molecule has 0 aromatic heterocycles. The van der Waals surface area contributed by atoms with Crippen LogP contribution in [0.4, 0.5) is 0 Å². The second-order valence-electron chi connectivity index (χ2n) is 4.63. The molecule has 1 atom stereocenters. The molecule has 92 valence electrons. The molecular formula is C12H21NO3. The molecule has 0 saturated heterocycles. The summed E-state index contributed by atoms with van der Waals surface area (Å²) in [6.45, 7) is 7.49. The Morgan fingerprint density at radius 1 is 1.31 bits per heavy atom. The molecule has 4 heteroatoms. The van der Waals surface area contributed by atoms with Gasteiger partial charge >= 0.3 is 5.97 Å². The second-order valence-corrected chi connectivity index (χ2v) is 4.63. The average Bonchev–Trinajstić information content (AvgIpc) is 2.26. The fraction of sp³-hybridized carbons (Fsp3) is 0.833. The first-order valence-corrected chi connectivity index (χ1v) is 5.45. The minimum Gasteiger partial charge on any atom is -0.465 e. The maximum atomic E-state index is 11.6. The van der Waals surface area contributed by atoms with Gasteiger partial charge in [-0.15, -0.1) is 0 Å². The highest BCUT2D eigenvalue weighted by molar-refractivity contribution is 5.79. The van der Waals surface area contributed by atoms with Crippen molar-refractivity contribution in [2.75, 3.05) is 13.7 Å². The van der Waals surface area contributed by atoms with Crippen LogP contribution in [0.15, 0.2) is 0 Å². The fourth-order valence-corrected chi connectivity index (χ4v) is 1.15. The monoisotopic (exact) mass is 227 g/mol. The topological polar surface area (TPSA) is 59.3 Å². The Balaban J connectivity index is 4.51. The Morgan fingerprint density at radius 2 is 1.88 bits per heavy atom. The summed E-state index contributed by atoms with van der Waals surface area (Å²) in [6.07, 6.45) is 1.07. The fourth-order valence-electron chi connectivity index (χ4n) is 1.15. The van der Waals surface area contributed by atoms with Crippen molar-refractivity contribution in [3.63, 3.8) is 0 Å². The summed E-state index contributed by atoms with van der Waals surface area (Å²) in [6, 6.07) is 2.03. The van der Waals surface area contributed by atoms with E-state index in [0.717, 1.165) is 0 Å². The van der Waals surface area contributed by atoms with Gasteiger partial charge < -0.3 is 9.47 Å². The number of nitrogens with zero attached hydrogens (tertiary/aromatic N) is 1. The lowest BCUT2D eigenvalue weighted by molar-refractivity contribution is -0.152. The summed E-state index contributed by atoms with van der Waals surface area (Å²) in [4.78, 5) is 11.6. The van der Waals surface area contributed by atoms with Crippen molar-refractivity contribution < 1.29 is 14.3 Å². The lowest BCUT2D eigenvalue weighted by atomic mass is 9.83. The molecule has 0 spiro atoms. The van der Waals surface area contributed by atoms with E-state index in [2.05, 4.69) is 0 Å². The van der Waals surface area contributed by atoms with Gasteiger partial charge in [0.25, 0.3) is 0 Å². The number of hydrogen-bond donors (Lipinski definition) is 0. The Hall–Kier alpha value is -1.08. The van der Waals surface area contributed by atoms with Crippen molar-refractivity contribution in [3.8, 4) is 6.07 Å². The first-order valence-electron chi connectivity index (χ1n) is 5.45. The van der Waals surface area contributed by atoms with Gasteiger partial charge in [-0.2, -0.15) is 5.26 Å². The van der Waals surface area contributed by atoms with Crippen LogP contribution in [-0.2, 0) is 14.3 Å². The van der Waals surface area contributed by atoms with Crippen LogP contribution in [0.2, 0.25) is 0 Å². The van der Waals surface area contributed by atoms with Gasteiger partial charge in [-0.1, -0.05) is 0 Å². The largest absolute Gasteiger partial charge is 0.465 e. The van der Waals surface area contributed by atoms with Crippen molar-refractivity contribution >= 4 is 5.97 Å². The number of rotatable bonds is 6. The summed E-state index contributed by atoms with van der Waals surface area (Å²) in [5.41, 5.74) is -1.41. The average molecular weight is 227 g/mol. The standard InChI is InChI=1S/C12H21NO3/c1-6-16-10(14)12(4,9-13)8-7-11(2,3)15-5/h6-8H2,1-5H3. The van der Waals surface area contributed by atoms with Gasteiger partial charge in [0.2, 0.25) is 0 Å². The van der Waals surface area contributed by atoms with Gasteiger partial charge in [-0.25, -0.2) is 0 Å². The predicted molar refractivity (Wildman–Crippen MR) is 60.7 cm³/mol. The third kappa shape index (κ3) is 4.19. The van der Waals surface area contributed by atoms with E-state index in [1.165, 1.54) is 0 Å². The van der Waals surface area contributed by atoms with E-state index in [9.17, 15) is 4.79 Å². The number of hydrogen-bond acceptors (Lipinski definition) is 4. The number of carbonyl (C=O) groups is 1. The molecule has 0 rings (SSSR count). The Bertz CT molecular complexity index is 280. The van der Waals surface area contributed by atoms with Crippen LogP contribution in [0.3, 0.4) is 0 Å². The molecular weight excluding hydrogens is 206 g/mol. The van der Waals surface area contributed by atoms with E-state index in [4.69, 9.17) is 14.7 Å². The van der Waals surface area contributed by atoms with E-state index >= 15 is 0 Å². The van der Waals surface area contributed by atoms with Gasteiger partial charge in [-0.3, -0.25) is 4.79 Å². The molecule has 4 nitrogen and oxygen atoms in total. The van der Waals surface area contributed by atoms with E-state index in [1.54, 1.807) is 21.0 Å². The van der Waals surface area contributed by atoms with Gasteiger partial charge in [0, 0.05) is 7.11 Å². The van der Waals surface area contributed by atoms with Crippen molar-refractivity contribution in [3.05, 3.63) is 0 Å². The van der Waals surface area contributed by atoms with Crippen molar-refractivity contribution in [1.29, 1.82) is 5.26 Å². The highest BCUT2D eigenvalue weighted by atomic mass is 16.5. The van der Waals surface area contributed by atoms with Gasteiger partial charge in [0.15, 0.2) is 5.41 Å². The van der Waals surface area contributed by atoms with Crippen LogP contribution >= 0.6 is 0 Å². The molecule has 0 aromatic carbocycles. The van der Waals surface area contributed by atoms with E-state index in [-0.39, 0.29) is 5.60 Å². The summed E-state index contributed by atoms with van der Waals surface area (Å²) in [7, 11) is 1.62. The molecule has 0 fully saturated rings. The maximum absolute atomic E-state index is 11.6. The minimum absolute atomic E-state index is 0.295. The van der Waals surface area contributed by atoms with Crippen LogP contribution in [0.25, 0.3) is 0 Å². The highest BCUT2D eigenvalue weighted by Gasteiger charge is 2.36. The molecule has 0 radical (unpaired) electrons. The first kappa shape index (κ1) is 14.9. The van der Waals surface area contributed by atoms with Gasteiger partial charge in [-0.05, 0) is 40.5 Å². The molecule has 0 N–H and O–H groups in total. The zero-order valence-electron chi connectivity index (χ0n) is 10.8. The Morgan fingerprint density at radius 3 is 2.25 bits per heavy atom. The summed E-state index contributed by atoms with van der Waals surface area (Å²) < 4.78 is 10.2. The van der Waals surface area contributed by atoms with E-state index in [0.29, 0.717) is 19.4 Å². The zero-order chi connectivity index (χ0) is 12.8. The minimum atomic E-state index is -1.08. The van der Waals surface area contributed by atoms with Crippen LogP contribution < -0.4 is 0 Å². The number of esters is 1. The van der Waals surface area contributed by atoms with E-state index in [1.807, 2.05) is 19.9 Å². The number of carbonyl (C=O) groups excluding carboxylic acids is 1. The van der Waals surface area contributed by atoms with Crippen LogP contribution in [0, 0.1) is 16.7 Å². The Labute approximate surface area is 97.5 Å². The first-order chi connectivity index (χ1) is 7.31. The molecule has 16 heavy (non-hydrogen) atoms.